The average molecular weight is 360 g/mol. The monoisotopic (exact) mass is 360 g/mol. The Labute approximate surface area is 146 Å². The van der Waals surface area contributed by atoms with Crippen molar-refractivity contribution in [1.82, 2.24) is 9.13 Å². The molecule has 2 atom stereocenters. The topological polar surface area (TPSA) is 123 Å². The van der Waals surface area contributed by atoms with Crippen molar-refractivity contribution in [3.05, 3.63) is 32.6 Å². The Hall–Kier alpha value is -1.52. The minimum absolute atomic E-state index is 0.131. The normalized spacial score (nSPS) is 13.8. The first-order chi connectivity index (χ1) is 12.0. The number of aliphatic hydroxyl groups is 3. The summed E-state index contributed by atoms with van der Waals surface area (Å²) in [5.41, 5.74) is -0.598. The van der Waals surface area contributed by atoms with Crippen molar-refractivity contribution >= 4 is 0 Å². The van der Waals surface area contributed by atoms with Crippen LogP contribution in [0.15, 0.2) is 15.8 Å². The minimum atomic E-state index is -1.26. The van der Waals surface area contributed by atoms with Crippen LogP contribution >= 0.6 is 0 Å². The Kier molecular flexibility index (Phi) is 9.61. The summed E-state index contributed by atoms with van der Waals surface area (Å²) in [5, 5.41) is 27.6. The van der Waals surface area contributed by atoms with E-state index in [0.29, 0.717) is 12.2 Å². The van der Waals surface area contributed by atoms with Crippen molar-refractivity contribution < 1.29 is 24.8 Å². The zero-order valence-electron chi connectivity index (χ0n) is 14.8. The second-order valence-corrected chi connectivity index (χ2v) is 5.75. The van der Waals surface area contributed by atoms with Gasteiger partial charge in [0.2, 0.25) is 0 Å². The molecule has 1 aromatic rings. The van der Waals surface area contributed by atoms with Gasteiger partial charge in [0.15, 0.2) is 0 Å². The summed E-state index contributed by atoms with van der Waals surface area (Å²) in [6.07, 6.45) is 0.977. The van der Waals surface area contributed by atoms with Gasteiger partial charge in [-0.3, -0.25) is 13.9 Å². The van der Waals surface area contributed by atoms with Crippen LogP contribution in [0.2, 0.25) is 0 Å². The molecule has 25 heavy (non-hydrogen) atoms. The molecule has 144 valence electrons. The minimum Gasteiger partial charge on any atom is -0.394 e. The molecule has 1 rings (SSSR count). The molecule has 1 aromatic heterocycles. The SMILES string of the molecule is CCCCOCCn1c(=O)c(C)cn(CO[C@H](CO)C(O)CO)c1=O. The van der Waals surface area contributed by atoms with Crippen LogP contribution in [0.3, 0.4) is 0 Å². The van der Waals surface area contributed by atoms with Crippen LogP contribution in [0.5, 0.6) is 0 Å². The van der Waals surface area contributed by atoms with Crippen LogP contribution in [0.25, 0.3) is 0 Å². The Morgan fingerprint density at radius 2 is 1.92 bits per heavy atom. The lowest BCUT2D eigenvalue weighted by Gasteiger charge is -2.20. The molecule has 9 heteroatoms. The lowest BCUT2D eigenvalue weighted by molar-refractivity contribution is -0.102. The molecule has 0 aliphatic heterocycles. The van der Waals surface area contributed by atoms with Gasteiger partial charge >= 0.3 is 5.69 Å². The molecule has 0 saturated heterocycles. The number of nitrogens with zero attached hydrogens (tertiary/aromatic N) is 2. The van der Waals surface area contributed by atoms with Gasteiger partial charge in [0, 0.05) is 18.4 Å². The second kappa shape index (κ2) is 11.2. The summed E-state index contributed by atoms with van der Waals surface area (Å²) in [4.78, 5) is 24.6. The second-order valence-electron chi connectivity index (χ2n) is 5.75. The predicted octanol–water partition coefficient (Wildman–Crippen LogP) is -1.18. The molecule has 1 heterocycles. The van der Waals surface area contributed by atoms with Crippen molar-refractivity contribution in [3.63, 3.8) is 0 Å². The maximum atomic E-state index is 12.4. The van der Waals surface area contributed by atoms with E-state index in [1.807, 2.05) is 6.92 Å². The maximum Gasteiger partial charge on any atom is 0.332 e. The summed E-state index contributed by atoms with van der Waals surface area (Å²) in [5.74, 6) is 0. The molecule has 0 aliphatic rings. The number of aryl methyl sites for hydroxylation is 1. The summed E-state index contributed by atoms with van der Waals surface area (Å²) in [7, 11) is 0. The van der Waals surface area contributed by atoms with Gasteiger partial charge < -0.3 is 24.8 Å². The molecule has 3 N–H and O–H groups in total. The summed E-state index contributed by atoms with van der Waals surface area (Å²) in [6, 6.07) is 0. The molecular weight excluding hydrogens is 332 g/mol. The summed E-state index contributed by atoms with van der Waals surface area (Å²) < 4.78 is 12.9. The molecule has 9 nitrogen and oxygen atoms in total. The molecule has 1 unspecified atom stereocenters. The van der Waals surface area contributed by atoms with E-state index in [-0.39, 0.29) is 19.9 Å². The molecule has 0 amide bonds. The van der Waals surface area contributed by atoms with Gasteiger partial charge in [-0.25, -0.2) is 4.79 Å². The van der Waals surface area contributed by atoms with Crippen LogP contribution in [0.4, 0.5) is 0 Å². The molecule has 0 aliphatic carbocycles. The predicted molar refractivity (Wildman–Crippen MR) is 90.5 cm³/mol. The first-order valence-corrected chi connectivity index (χ1v) is 8.36. The Bertz CT molecular complexity index is 626. The number of aromatic nitrogens is 2. The van der Waals surface area contributed by atoms with Crippen molar-refractivity contribution in [2.45, 2.75) is 52.2 Å². The highest BCUT2D eigenvalue weighted by atomic mass is 16.5. The number of unbranched alkanes of at least 4 members (excludes halogenated alkanes) is 1. The average Bonchev–Trinajstić information content (AvgIpc) is 2.61. The van der Waals surface area contributed by atoms with Crippen LogP contribution in [-0.2, 0) is 22.7 Å². The molecule has 0 saturated carbocycles. The maximum absolute atomic E-state index is 12.4. The van der Waals surface area contributed by atoms with Gasteiger partial charge in [0.25, 0.3) is 5.56 Å². The van der Waals surface area contributed by atoms with Crippen LogP contribution in [0.1, 0.15) is 25.3 Å². The zero-order chi connectivity index (χ0) is 18.8. The Balaban J connectivity index is 2.84. The standard InChI is InChI=1S/C16H28N2O7/c1-3-4-6-24-7-5-18-15(22)12(2)8-17(16(18)23)11-25-14(10-20)13(21)9-19/h8,13-14,19-21H,3-7,9-11H2,1-2H3/t13?,14-/m1/s1. The van der Waals surface area contributed by atoms with E-state index < -0.39 is 36.7 Å². The van der Waals surface area contributed by atoms with Crippen molar-refractivity contribution in [1.29, 1.82) is 0 Å². The summed E-state index contributed by atoms with van der Waals surface area (Å²) in [6.45, 7) is 3.23. The first-order valence-electron chi connectivity index (χ1n) is 8.36. The van der Waals surface area contributed by atoms with Crippen molar-refractivity contribution in [2.24, 2.45) is 0 Å². The Morgan fingerprint density at radius 3 is 2.52 bits per heavy atom. The third-order valence-corrected chi connectivity index (χ3v) is 3.73. The molecule has 0 fully saturated rings. The van der Waals surface area contributed by atoms with Gasteiger partial charge in [0.05, 0.1) is 26.4 Å². The van der Waals surface area contributed by atoms with E-state index in [9.17, 15) is 14.7 Å². The largest absolute Gasteiger partial charge is 0.394 e. The highest BCUT2D eigenvalue weighted by molar-refractivity contribution is 5.02. The zero-order valence-corrected chi connectivity index (χ0v) is 14.8. The number of aliphatic hydroxyl groups excluding tert-OH is 3. The van der Waals surface area contributed by atoms with Crippen LogP contribution in [0, 0.1) is 6.92 Å². The van der Waals surface area contributed by atoms with E-state index in [4.69, 9.17) is 19.7 Å². The number of rotatable bonds is 12. The fourth-order valence-corrected chi connectivity index (χ4v) is 2.17. The van der Waals surface area contributed by atoms with Crippen LogP contribution < -0.4 is 11.2 Å². The smallest absolute Gasteiger partial charge is 0.332 e. The van der Waals surface area contributed by atoms with Gasteiger partial charge in [-0.1, -0.05) is 13.3 Å². The van der Waals surface area contributed by atoms with Crippen molar-refractivity contribution in [2.75, 3.05) is 26.4 Å². The number of hydrogen-bond donors (Lipinski definition) is 3. The van der Waals surface area contributed by atoms with E-state index in [0.717, 1.165) is 17.4 Å². The number of hydrogen-bond acceptors (Lipinski definition) is 7. The van der Waals surface area contributed by atoms with E-state index in [2.05, 4.69) is 0 Å². The molecule has 0 aromatic carbocycles. The van der Waals surface area contributed by atoms with E-state index >= 15 is 0 Å². The first kappa shape index (κ1) is 21.5. The lowest BCUT2D eigenvalue weighted by atomic mass is 10.2. The van der Waals surface area contributed by atoms with E-state index in [1.165, 1.54) is 10.8 Å². The van der Waals surface area contributed by atoms with Gasteiger partial charge in [-0.05, 0) is 13.3 Å². The third kappa shape index (κ3) is 6.37. The summed E-state index contributed by atoms with van der Waals surface area (Å²) >= 11 is 0. The van der Waals surface area contributed by atoms with E-state index in [1.54, 1.807) is 6.92 Å². The fraction of sp³-hybridized carbons (Fsp3) is 0.750. The van der Waals surface area contributed by atoms with Gasteiger partial charge in [-0.2, -0.15) is 0 Å². The molecular formula is C16H28N2O7. The fourth-order valence-electron chi connectivity index (χ4n) is 2.17. The molecule has 0 bridgehead atoms. The van der Waals surface area contributed by atoms with Gasteiger partial charge in [-0.15, -0.1) is 0 Å². The quantitative estimate of drug-likeness (QED) is 0.401. The molecule has 0 radical (unpaired) electrons. The lowest BCUT2D eigenvalue weighted by Crippen LogP contribution is -2.43. The molecule has 0 spiro atoms. The van der Waals surface area contributed by atoms with Crippen molar-refractivity contribution in [3.8, 4) is 0 Å². The highest BCUT2D eigenvalue weighted by Crippen LogP contribution is 2.00. The highest BCUT2D eigenvalue weighted by Gasteiger charge is 2.19. The Morgan fingerprint density at radius 1 is 1.20 bits per heavy atom. The van der Waals surface area contributed by atoms with Crippen LogP contribution in [-0.4, -0.2) is 63.1 Å². The third-order valence-electron chi connectivity index (χ3n) is 3.73. The van der Waals surface area contributed by atoms with Gasteiger partial charge in [0.1, 0.15) is 18.9 Å². The number of ether oxygens (including phenoxy) is 2.